The van der Waals surface area contributed by atoms with Crippen LogP contribution in [0.1, 0.15) is 67.2 Å². The summed E-state index contributed by atoms with van der Waals surface area (Å²) >= 11 is -0.826. The van der Waals surface area contributed by atoms with Crippen molar-refractivity contribution >= 4 is 17.0 Å². The summed E-state index contributed by atoms with van der Waals surface area (Å²) < 4.78 is 0. The first kappa shape index (κ1) is 48.9. The summed E-state index contributed by atoms with van der Waals surface area (Å²) in [4.78, 5) is 0. The van der Waals surface area contributed by atoms with Crippen molar-refractivity contribution in [3.63, 3.8) is 0 Å². The number of allylic oxidation sites excluding steroid dienone is 16. The maximum Gasteiger partial charge on any atom is 2.00 e. The largest absolute Gasteiger partial charge is 2.00 e. The van der Waals surface area contributed by atoms with E-state index in [9.17, 15) is 0 Å². The van der Waals surface area contributed by atoms with Crippen molar-refractivity contribution in [3.8, 4) is 0 Å². The molecule has 6 heteroatoms. The van der Waals surface area contributed by atoms with E-state index in [-0.39, 0.29) is 73.3 Å². The van der Waals surface area contributed by atoms with Crippen LogP contribution in [0.15, 0.2) is 81.0 Å². The van der Waals surface area contributed by atoms with Crippen molar-refractivity contribution in [2.45, 2.75) is 67.2 Å². The van der Waals surface area contributed by atoms with Crippen molar-refractivity contribution < 1.29 is 71.9 Å². The Balaban J connectivity index is -0.0000000936. The molecule has 0 fully saturated rings. The molecule has 196 valence electrons. The van der Waals surface area contributed by atoms with E-state index >= 15 is 0 Å². The van der Waals surface area contributed by atoms with E-state index in [1.807, 2.05) is 24.3 Å². The Bertz CT molecular complexity index is 736. The van der Waals surface area contributed by atoms with Gasteiger partial charge in [-0.1, -0.05) is 11.1 Å². The molecule has 0 radical (unpaired) electrons. The molecule has 35 heavy (non-hydrogen) atoms. The molecule has 4 aliphatic rings. The first-order chi connectivity index (χ1) is 13.8. The Morgan fingerprint density at radius 3 is 1.03 bits per heavy atom. The fourth-order valence-corrected chi connectivity index (χ4v) is 3.50. The number of halogens is 4. The van der Waals surface area contributed by atoms with Crippen LogP contribution in [0.3, 0.4) is 0 Å². The van der Waals surface area contributed by atoms with Crippen LogP contribution in [-0.2, 0) is 47.1 Å². The molecule has 0 bridgehead atoms. The summed E-state index contributed by atoms with van der Waals surface area (Å²) in [6.45, 7) is 13.6. The topological polar surface area (TPSA) is 0 Å². The zero-order chi connectivity index (χ0) is 21.8. The maximum absolute atomic E-state index is 4.93. The van der Waals surface area contributed by atoms with Crippen LogP contribution in [0.4, 0.5) is 0 Å². The fraction of sp³-hybridized carbons (Fsp3) is 0.345. The number of hydrogen-bond donors (Lipinski definition) is 0. The third kappa shape index (κ3) is 17.1. The van der Waals surface area contributed by atoms with E-state index in [0.717, 1.165) is 12.8 Å². The molecule has 0 spiro atoms. The third-order valence-electron chi connectivity index (χ3n) is 5.73. The molecule has 0 heterocycles. The second-order valence-corrected chi connectivity index (χ2v) is 11.2. The fourth-order valence-electron chi connectivity index (χ4n) is 3.50. The predicted octanol–water partition coefficient (Wildman–Crippen LogP) is 4.44. The van der Waals surface area contributed by atoms with Crippen LogP contribution in [0.25, 0.3) is 0 Å². The molecule has 0 N–H and O–H groups in total. The minimum Gasteiger partial charge on any atom is 2.00 e. The van der Waals surface area contributed by atoms with E-state index in [1.54, 1.807) is 22.3 Å². The zero-order valence-electron chi connectivity index (χ0n) is 22.8. The van der Waals surface area contributed by atoms with E-state index in [2.05, 4.69) is 65.8 Å². The first-order valence-corrected chi connectivity index (χ1v) is 16.3. The summed E-state index contributed by atoms with van der Waals surface area (Å²) in [6.07, 6.45) is 22.3. The van der Waals surface area contributed by atoms with Crippen LogP contribution >= 0.6 is 17.0 Å². The smallest absolute Gasteiger partial charge is 2.00 e. The van der Waals surface area contributed by atoms with Crippen LogP contribution in [-0.4, -0.2) is 0 Å². The first-order valence-electron chi connectivity index (χ1n) is 9.98. The van der Waals surface area contributed by atoms with Gasteiger partial charge in [0.2, 0.25) is 0 Å². The summed E-state index contributed by atoms with van der Waals surface area (Å²) in [5, 5.41) is 0. The molecule has 0 aromatic carbocycles. The Morgan fingerprint density at radius 1 is 0.629 bits per heavy atom. The summed E-state index contributed by atoms with van der Waals surface area (Å²) in [5.74, 6) is 0. The summed E-state index contributed by atoms with van der Waals surface area (Å²) in [7, 11) is 9.87. The molecule has 0 atom stereocenters. The molecule has 0 aromatic heterocycles. The molecular weight excluding hydrogens is 673 g/mol. The van der Waals surface area contributed by atoms with Gasteiger partial charge in [-0.25, -0.2) is 24.3 Å². The standard InChI is InChI=1S/C16H22.2C5H5.3CH3.4ClH.2Zr/c1-9-7-15(13(5)11(9)3)16-8-10(2)12(4)14(16)6;2*1-2-4-5-3-1;;;;;;;;;/h7-8H2,1-6H3;2*1-3H,4H2;3*1H3;4*1H;;/q;5*-1;;;;;+2;+4/p-4. The van der Waals surface area contributed by atoms with Crippen molar-refractivity contribution in [1.82, 2.24) is 0 Å². The van der Waals surface area contributed by atoms with Crippen molar-refractivity contribution in [2.24, 2.45) is 0 Å². The molecule has 0 nitrogen and oxygen atoms in total. The van der Waals surface area contributed by atoms with Crippen molar-refractivity contribution in [3.05, 3.63) is 115 Å². The van der Waals surface area contributed by atoms with E-state index < -0.39 is 20.8 Å². The zero-order valence-corrected chi connectivity index (χ0v) is 30.7. The minimum atomic E-state index is -0.826. The quantitative estimate of drug-likeness (QED) is 0.353. The average Bonchev–Trinajstić information content (AvgIpc) is 3.50. The molecule has 4 rings (SSSR count). The Morgan fingerprint density at radius 2 is 0.914 bits per heavy atom. The molecule has 0 aliphatic heterocycles. The van der Waals surface area contributed by atoms with Gasteiger partial charge in [0.1, 0.15) is 0 Å². The predicted molar refractivity (Wildman–Crippen MR) is 145 cm³/mol. The van der Waals surface area contributed by atoms with Crippen LogP contribution in [0, 0.1) is 34.4 Å². The molecule has 0 amide bonds. The molecule has 0 unspecified atom stereocenters. The van der Waals surface area contributed by atoms with Crippen LogP contribution in [0.5, 0.6) is 0 Å². The van der Waals surface area contributed by atoms with Gasteiger partial charge in [0.05, 0.1) is 0 Å². The molecule has 0 aromatic rings. The second-order valence-electron chi connectivity index (χ2n) is 7.45. The Labute approximate surface area is 268 Å². The van der Waals surface area contributed by atoms with Gasteiger partial charge in [-0.15, -0.1) is 12.8 Å². The number of hydrogen-bond acceptors (Lipinski definition) is 0. The Hall–Kier alpha value is 0.846. The average molecular weight is 714 g/mol. The third-order valence-corrected chi connectivity index (χ3v) is 5.73. The van der Waals surface area contributed by atoms with Gasteiger partial charge in [-0.05, 0) is 87.8 Å². The van der Waals surface area contributed by atoms with Gasteiger partial charge in [-0.3, -0.25) is 12.2 Å². The molecular formula is C29H41Cl4Zr2-3. The maximum atomic E-state index is 4.93. The normalized spacial score (nSPS) is 15.4. The molecule has 0 saturated heterocycles. The van der Waals surface area contributed by atoms with Crippen molar-refractivity contribution in [2.75, 3.05) is 0 Å². The van der Waals surface area contributed by atoms with Crippen molar-refractivity contribution in [1.29, 1.82) is 0 Å². The van der Waals surface area contributed by atoms with Gasteiger partial charge in [0, 0.05) is 0 Å². The SMILES string of the molecule is CC1=C(C)C(C)=C(C2=C(C)C(C)=C(C)C2)C1.[C-]1=CC=CC1.[C-]1=CC=CC1.[CH3-].[CH3-].[CH3-].[Cl-].[Cl-].[Cl][Zr+2][Cl].[Zr+2]. The minimum absolute atomic E-state index is 0. The summed E-state index contributed by atoms with van der Waals surface area (Å²) in [5.41, 5.74) is 12.4. The van der Waals surface area contributed by atoms with E-state index in [1.165, 1.54) is 35.1 Å². The monoisotopic (exact) mass is 709 g/mol. The molecule has 4 aliphatic carbocycles. The van der Waals surface area contributed by atoms with Gasteiger partial charge >= 0.3 is 64.1 Å². The van der Waals surface area contributed by atoms with Crippen LogP contribution < -0.4 is 24.8 Å². The van der Waals surface area contributed by atoms with E-state index in [4.69, 9.17) is 17.0 Å². The second kappa shape index (κ2) is 27.9. The van der Waals surface area contributed by atoms with Gasteiger partial charge in [-0.2, -0.15) is 12.2 Å². The van der Waals surface area contributed by atoms with Gasteiger partial charge in [0.25, 0.3) is 0 Å². The van der Waals surface area contributed by atoms with Gasteiger partial charge in [0.15, 0.2) is 0 Å². The van der Waals surface area contributed by atoms with Gasteiger partial charge < -0.3 is 47.1 Å². The number of rotatable bonds is 1. The van der Waals surface area contributed by atoms with Crippen LogP contribution in [0.2, 0.25) is 0 Å². The molecule has 0 saturated carbocycles. The summed E-state index contributed by atoms with van der Waals surface area (Å²) in [6, 6.07) is 0. The van der Waals surface area contributed by atoms with E-state index in [0.29, 0.717) is 0 Å². The Kier molecular flexibility index (Phi) is 38.9.